The summed E-state index contributed by atoms with van der Waals surface area (Å²) in [6.45, 7) is 1.94. The molecule has 0 spiro atoms. The molecule has 1 aromatic heterocycles. The van der Waals surface area contributed by atoms with Crippen molar-refractivity contribution in [2.24, 2.45) is 0 Å². The Labute approximate surface area is 254 Å². The van der Waals surface area contributed by atoms with E-state index in [0.717, 1.165) is 22.5 Å². The van der Waals surface area contributed by atoms with Crippen molar-refractivity contribution >= 4 is 51.6 Å². The lowest BCUT2D eigenvalue weighted by atomic mass is 9.94. The van der Waals surface area contributed by atoms with Gasteiger partial charge in [-0.2, -0.15) is 0 Å². The lowest BCUT2D eigenvalue weighted by Gasteiger charge is -2.22. The maximum atomic E-state index is 13.6. The van der Waals surface area contributed by atoms with Crippen molar-refractivity contribution in [3.63, 3.8) is 0 Å². The summed E-state index contributed by atoms with van der Waals surface area (Å²) in [5.41, 5.74) is 2.78. The molecule has 0 unspecified atom stereocenters. The van der Waals surface area contributed by atoms with Crippen molar-refractivity contribution in [2.45, 2.75) is 35.6 Å². The number of aliphatic hydroxyl groups is 1. The molecule has 0 bridgehead atoms. The number of ether oxygens (including phenoxy) is 2. The summed E-state index contributed by atoms with van der Waals surface area (Å²) in [5, 5.41) is 20.1. The predicted molar refractivity (Wildman–Crippen MR) is 159 cm³/mol. The maximum Gasteiger partial charge on any atom is 0.337 e. The molecule has 0 aliphatic carbocycles. The second-order valence-corrected chi connectivity index (χ2v) is 12.2. The molecule has 218 valence electrons. The van der Waals surface area contributed by atoms with Gasteiger partial charge in [-0.25, -0.2) is 9.18 Å². The monoisotopic (exact) mass is 617 g/mol. The van der Waals surface area contributed by atoms with Crippen LogP contribution in [0.2, 0.25) is 0 Å². The number of nitrogens with zero attached hydrogens (tertiary/aromatic N) is 3. The van der Waals surface area contributed by atoms with Crippen LogP contribution >= 0.6 is 23.1 Å². The Hall–Kier alpha value is -4.55. The van der Waals surface area contributed by atoms with E-state index in [1.54, 1.807) is 42.5 Å². The Bertz CT molecular complexity index is 1770. The number of methoxy groups -OCH3 is 1. The highest BCUT2D eigenvalue weighted by Crippen LogP contribution is 2.44. The molecular weight excluding hydrogens is 593 g/mol. The van der Waals surface area contributed by atoms with E-state index >= 15 is 0 Å². The first-order valence-corrected chi connectivity index (χ1v) is 15.0. The van der Waals surface area contributed by atoms with Crippen LogP contribution < -0.4 is 9.64 Å². The van der Waals surface area contributed by atoms with Crippen molar-refractivity contribution in [1.29, 1.82) is 0 Å². The number of Topliss-reactive ketones (excluding diaryl/α,β-unsaturated/α-hetero) is 1. The van der Waals surface area contributed by atoms with Crippen molar-refractivity contribution in [3.8, 4) is 5.75 Å². The van der Waals surface area contributed by atoms with Gasteiger partial charge in [0.15, 0.2) is 4.34 Å². The van der Waals surface area contributed by atoms with E-state index in [9.17, 15) is 23.9 Å². The van der Waals surface area contributed by atoms with Crippen LogP contribution in [0, 0.1) is 5.82 Å². The quantitative estimate of drug-likeness (QED) is 0.0695. The number of aliphatic hydroxyl groups excluding tert-OH is 1. The van der Waals surface area contributed by atoms with Crippen LogP contribution in [-0.4, -0.2) is 46.2 Å². The number of carbonyl (C=O) groups is 3. The van der Waals surface area contributed by atoms with Gasteiger partial charge in [-0.05, 0) is 66.1 Å². The number of amides is 1. The van der Waals surface area contributed by atoms with Gasteiger partial charge < -0.3 is 14.6 Å². The second kappa shape index (κ2) is 11.6. The molecule has 0 saturated carbocycles. The van der Waals surface area contributed by atoms with Gasteiger partial charge in [0.25, 0.3) is 5.78 Å². The lowest BCUT2D eigenvalue weighted by Crippen LogP contribution is -2.29. The Morgan fingerprint density at radius 2 is 1.81 bits per heavy atom. The van der Waals surface area contributed by atoms with Gasteiger partial charge in [-0.15, -0.1) is 10.2 Å². The van der Waals surface area contributed by atoms with E-state index in [1.165, 1.54) is 48.0 Å². The molecule has 1 N–H and O–H groups in total. The summed E-state index contributed by atoms with van der Waals surface area (Å²) in [6.07, 6.45) is 0.630. The average molecular weight is 618 g/mol. The zero-order valence-electron chi connectivity index (χ0n) is 22.9. The van der Waals surface area contributed by atoms with Gasteiger partial charge in [-0.1, -0.05) is 47.4 Å². The fourth-order valence-corrected chi connectivity index (χ4v) is 6.90. The van der Waals surface area contributed by atoms with Gasteiger partial charge in [0.1, 0.15) is 23.4 Å². The minimum Gasteiger partial charge on any atom is -0.507 e. The molecule has 3 heterocycles. The third-order valence-electron chi connectivity index (χ3n) is 7.14. The zero-order chi connectivity index (χ0) is 30.2. The van der Waals surface area contributed by atoms with E-state index in [0.29, 0.717) is 33.4 Å². The Balaban J connectivity index is 1.39. The SMILES string of the molecule is COC(=O)c1ccc([C@@H]2C(=C(O)c3ccc4c(c3)C[C@H](C)O4)C(=O)C(=O)N2c2nnc(SCc3ccc(F)cc3)s2)cc1. The molecule has 6 rings (SSSR count). The summed E-state index contributed by atoms with van der Waals surface area (Å²) < 4.78 is 24.4. The van der Waals surface area contributed by atoms with Crippen LogP contribution in [0.5, 0.6) is 5.75 Å². The van der Waals surface area contributed by atoms with Gasteiger partial charge in [0.2, 0.25) is 5.13 Å². The Morgan fingerprint density at radius 1 is 1.09 bits per heavy atom. The predicted octanol–water partition coefficient (Wildman–Crippen LogP) is 5.71. The third kappa shape index (κ3) is 5.51. The van der Waals surface area contributed by atoms with Crippen molar-refractivity contribution in [3.05, 3.63) is 106 Å². The van der Waals surface area contributed by atoms with E-state index in [2.05, 4.69) is 10.2 Å². The molecule has 1 fully saturated rings. The molecule has 2 atom stereocenters. The molecule has 2 aliphatic rings. The molecule has 9 nitrogen and oxygen atoms in total. The normalized spacial score (nSPS) is 18.9. The average Bonchev–Trinajstić information content (AvgIpc) is 3.71. The molecule has 1 saturated heterocycles. The van der Waals surface area contributed by atoms with Crippen LogP contribution in [0.3, 0.4) is 0 Å². The molecule has 3 aromatic carbocycles. The number of anilines is 1. The number of fused-ring (bicyclic) bond motifs is 1. The van der Waals surface area contributed by atoms with Crippen LogP contribution in [0.1, 0.15) is 45.6 Å². The van der Waals surface area contributed by atoms with E-state index in [1.807, 2.05) is 6.92 Å². The topological polar surface area (TPSA) is 119 Å². The Morgan fingerprint density at radius 3 is 2.53 bits per heavy atom. The fourth-order valence-electron chi connectivity index (χ4n) is 5.07. The maximum absolute atomic E-state index is 13.6. The molecule has 4 aromatic rings. The van der Waals surface area contributed by atoms with Gasteiger partial charge in [-0.3, -0.25) is 14.5 Å². The first-order valence-electron chi connectivity index (χ1n) is 13.2. The largest absolute Gasteiger partial charge is 0.507 e. The highest BCUT2D eigenvalue weighted by atomic mass is 32.2. The molecule has 12 heteroatoms. The van der Waals surface area contributed by atoms with E-state index < -0.39 is 23.7 Å². The van der Waals surface area contributed by atoms with Crippen LogP contribution in [0.25, 0.3) is 5.76 Å². The number of hydrogen-bond donors (Lipinski definition) is 1. The van der Waals surface area contributed by atoms with Crippen molar-refractivity contribution in [2.75, 3.05) is 12.0 Å². The van der Waals surface area contributed by atoms with E-state index in [-0.39, 0.29) is 33.9 Å². The number of esters is 1. The first-order chi connectivity index (χ1) is 20.7. The number of halogens is 1. The summed E-state index contributed by atoms with van der Waals surface area (Å²) in [7, 11) is 1.27. The zero-order valence-corrected chi connectivity index (χ0v) is 24.6. The van der Waals surface area contributed by atoms with Crippen LogP contribution in [-0.2, 0) is 26.5 Å². The van der Waals surface area contributed by atoms with Gasteiger partial charge in [0, 0.05) is 17.7 Å². The summed E-state index contributed by atoms with van der Waals surface area (Å²) >= 11 is 2.48. The van der Waals surface area contributed by atoms with Gasteiger partial charge >= 0.3 is 11.9 Å². The highest BCUT2D eigenvalue weighted by Gasteiger charge is 2.48. The molecular formula is C31H24FN3O6S2. The van der Waals surface area contributed by atoms with Crippen molar-refractivity contribution < 1.29 is 33.4 Å². The van der Waals surface area contributed by atoms with Crippen molar-refractivity contribution in [1.82, 2.24) is 10.2 Å². The summed E-state index contributed by atoms with van der Waals surface area (Å²) in [5.74, 6) is -1.74. The Kier molecular flexibility index (Phi) is 7.72. The number of aromatic nitrogens is 2. The van der Waals surface area contributed by atoms with Crippen LogP contribution in [0.4, 0.5) is 9.52 Å². The molecule has 43 heavy (non-hydrogen) atoms. The summed E-state index contributed by atoms with van der Waals surface area (Å²) in [4.78, 5) is 40.4. The number of carbonyl (C=O) groups excluding carboxylic acids is 3. The van der Waals surface area contributed by atoms with E-state index in [4.69, 9.17) is 9.47 Å². The number of thioether (sulfide) groups is 1. The lowest BCUT2D eigenvalue weighted by molar-refractivity contribution is -0.132. The number of benzene rings is 3. The minimum atomic E-state index is -1.04. The summed E-state index contributed by atoms with van der Waals surface area (Å²) in [6, 6.07) is 16.5. The molecule has 0 radical (unpaired) electrons. The smallest absolute Gasteiger partial charge is 0.337 e. The second-order valence-electron chi connectivity index (χ2n) is 10.0. The fraction of sp³-hybridized carbons (Fsp3) is 0.194. The van der Waals surface area contributed by atoms with Crippen LogP contribution in [0.15, 0.2) is 76.6 Å². The number of hydrogen-bond acceptors (Lipinski definition) is 10. The minimum absolute atomic E-state index is 0.0150. The standard InChI is InChI=1S/C31H24FN3O6S2/c1-16-13-21-14-20(9-12-23(21)41-16)26(36)24-25(18-5-7-19(8-6-18)29(39)40-2)35(28(38)27(24)37)30-33-34-31(43-30)42-15-17-3-10-22(32)11-4-17/h3-12,14,16,25,36H,13,15H2,1-2H3/t16-,25+/m0/s1. The number of ketones is 1. The molecule has 2 aliphatic heterocycles. The first kappa shape index (κ1) is 28.6. The number of rotatable bonds is 7. The highest BCUT2D eigenvalue weighted by molar-refractivity contribution is 8.00. The van der Waals surface area contributed by atoms with Gasteiger partial charge in [0.05, 0.1) is 24.3 Å². The molecule has 1 amide bonds. The third-order valence-corrected chi connectivity index (χ3v) is 9.27.